The summed E-state index contributed by atoms with van der Waals surface area (Å²) in [4.78, 5) is 0. The fourth-order valence-corrected chi connectivity index (χ4v) is 0.161. The molecule has 0 spiro atoms. The molecule has 0 aliphatic carbocycles. The molecule has 0 heterocycles. The van der Waals surface area contributed by atoms with Gasteiger partial charge in [0.25, 0.3) is 7.55 Å². The van der Waals surface area contributed by atoms with Crippen molar-refractivity contribution in [1.29, 1.82) is 0 Å². The van der Waals surface area contributed by atoms with Gasteiger partial charge in [0.1, 0.15) is 0 Å². The van der Waals surface area contributed by atoms with Crippen LogP contribution >= 0.6 is 0 Å². The van der Waals surface area contributed by atoms with Gasteiger partial charge in [-0.15, -0.1) is 0 Å². The summed E-state index contributed by atoms with van der Waals surface area (Å²) in [7, 11) is 6.43. The lowest BCUT2D eigenvalue weighted by atomic mass is 10.1. The molecule has 0 aliphatic heterocycles. The molecule has 4 heteroatoms. The molecule has 0 aliphatic rings. The van der Waals surface area contributed by atoms with Gasteiger partial charge >= 0.3 is 0 Å². The first-order valence-corrected chi connectivity index (χ1v) is 1.93. The van der Waals surface area contributed by atoms with E-state index < -0.39 is 0 Å². The van der Waals surface area contributed by atoms with E-state index in [0.29, 0.717) is 0 Å². The molecule has 31 valence electrons. The van der Waals surface area contributed by atoms with E-state index in [1.165, 1.54) is 0 Å². The molecular weight excluding hydrogens is 73.7 g/mol. The molecule has 0 atom stereocenters. The summed E-state index contributed by atoms with van der Waals surface area (Å²) >= 11 is 0. The Labute approximate surface area is 40.4 Å². The largest absolute Gasteiger partial charge is 0.398 e. The Morgan fingerprint density at radius 3 is 2.67 bits per heavy atom. The lowest BCUT2D eigenvalue weighted by molar-refractivity contribution is 0.994. The molecular formula is C2H7B2N2. The monoisotopic (exact) mass is 81.1 g/mol. The Morgan fingerprint density at radius 1 is 1.83 bits per heavy atom. The van der Waals surface area contributed by atoms with E-state index in [0.717, 1.165) is 6.54 Å². The van der Waals surface area contributed by atoms with E-state index in [9.17, 15) is 0 Å². The highest BCUT2D eigenvalue weighted by Gasteiger charge is 1.75. The van der Waals surface area contributed by atoms with Gasteiger partial charge in [0.2, 0.25) is 0 Å². The summed E-state index contributed by atoms with van der Waals surface area (Å²) in [5.41, 5.74) is 0. The third-order valence-corrected chi connectivity index (χ3v) is 0.390. The van der Waals surface area contributed by atoms with E-state index >= 15 is 0 Å². The van der Waals surface area contributed by atoms with Crippen LogP contribution < -0.4 is 10.4 Å². The second-order valence-electron chi connectivity index (χ2n) is 0.869. The molecule has 0 saturated carbocycles. The average Bonchev–Trinajstić information content (AvgIpc) is 1.61. The average molecular weight is 80.7 g/mol. The van der Waals surface area contributed by atoms with E-state index in [-0.39, 0.29) is 0 Å². The van der Waals surface area contributed by atoms with Gasteiger partial charge in [-0.3, -0.25) is 0 Å². The summed E-state index contributed by atoms with van der Waals surface area (Å²) in [5.74, 6) is 0. The molecule has 0 unspecified atom stereocenters. The van der Waals surface area contributed by atoms with E-state index in [4.69, 9.17) is 7.98 Å². The maximum Gasteiger partial charge on any atom is 0.294 e. The van der Waals surface area contributed by atoms with Gasteiger partial charge in [-0.05, 0) is 6.54 Å². The zero-order chi connectivity index (χ0) is 4.83. The smallest absolute Gasteiger partial charge is 0.294 e. The first-order chi connectivity index (χ1) is 2.91. The minimum atomic E-state index is 0.907. The Balaban J connectivity index is 2.34. The van der Waals surface area contributed by atoms with Crippen molar-refractivity contribution in [2.75, 3.05) is 6.54 Å². The summed E-state index contributed by atoms with van der Waals surface area (Å²) < 4.78 is 0. The van der Waals surface area contributed by atoms with Crippen LogP contribution in [0.1, 0.15) is 6.92 Å². The Morgan fingerprint density at radius 2 is 2.50 bits per heavy atom. The van der Waals surface area contributed by atoms with E-state index in [1.54, 1.807) is 7.55 Å². The van der Waals surface area contributed by atoms with Gasteiger partial charge < -0.3 is 10.4 Å². The number of nitrogens with one attached hydrogen (secondary N) is 2. The van der Waals surface area contributed by atoms with Gasteiger partial charge in [-0.1, -0.05) is 6.92 Å². The number of rotatable bonds is 3. The highest BCUT2D eigenvalue weighted by atomic mass is 14.8. The number of hydrogen-bond donors (Lipinski definition) is 2. The second-order valence-corrected chi connectivity index (χ2v) is 0.869. The zero-order valence-electron chi connectivity index (χ0n) is 3.86. The Hall–Kier alpha value is 0.0499. The van der Waals surface area contributed by atoms with Crippen LogP contribution in [-0.2, 0) is 0 Å². The molecule has 2 N–H and O–H groups in total. The van der Waals surface area contributed by atoms with Crippen LogP contribution in [-0.4, -0.2) is 22.1 Å². The molecule has 0 aromatic carbocycles. The zero-order valence-corrected chi connectivity index (χ0v) is 3.86. The van der Waals surface area contributed by atoms with Crippen LogP contribution in [0.25, 0.3) is 0 Å². The van der Waals surface area contributed by atoms with Gasteiger partial charge in [0.05, 0.1) is 0 Å². The summed E-state index contributed by atoms with van der Waals surface area (Å²) in [6.07, 6.45) is 0. The van der Waals surface area contributed by atoms with Crippen molar-refractivity contribution < 1.29 is 0 Å². The minimum absolute atomic E-state index is 0.907. The fourth-order valence-electron chi connectivity index (χ4n) is 0.161. The third kappa shape index (κ3) is 4.05. The highest BCUT2D eigenvalue weighted by molar-refractivity contribution is 6.39. The van der Waals surface area contributed by atoms with Crippen LogP contribution in [0.4, 0.5) is 0 Å². The minimum Gasteiger partial charge on any atom is -0.398 e. The van der Waals surface area contributed by atoms with E-state index in [1.807, 2.05) is 6.92 Å². The van der Waals surface area contributed by atoms with Crippen LogP contribution in [0.15, 0.2) is 0 Å². The first-order valence-electron chi connectivity index (χ1n) is 1.93. The van der Waals surface area contributed by atoms with Crippen molar-refractivity contribution in [3.8, 4) is 0 Å². The van der Waals surface area contributed by atoms with Crippen molar-refractivity contribution in [3.63, 3.8) is 0 Å². The van der Waals surface area contributed by atoms with E-state index in [2.05, 4.69) is 10.4 Å². The first kappa shape index (κ1) is 6.05. The molecule has 0 aromatic rings. The van der Waals surface area contributed by atoms with Gasteiger partial charge in [0.15, 0.2) is 7.98 Å². The van der Waals surface area contributed by atoms with Crippen molar-refractivity contribution in [1.82, 2.24) is 10.4 Å². The summed E-state index contributed by atoms with van der Waals surface area (Å²) in [6, 6.07) is 0. The van der Waals surface area contributed by atoms with Crippen LogP contribution in [0.5, 0.6) is 0 Å². The molecule has 2 nitrogen and oxygen atoms in total. The highest BCUT2D eigenvalue weighted by Crippen LogP contribution is 1.40. The molecule has 0 rings (SSSR count). The number of hydrogen-bond acceptors (Lipinski definition) is 2. The van der Waals surface area contributed by atoms with Crippen LogP contribution in [0.2, 0.25) is 0 Å². The quantitative estimate of drug-likeness (QED) is 0.329. The molecule has 3 radical (unpaired) electrons. The molecule has 0 saturated heterocycles. The topological polar surface area (TPSA) is 24.1 Å². The predicted molar refractivity (Wildman–Crippen MR) is 28.3 cm³/mol. The fraction of sp³-hybridized carbons (Fsp3) is 1.00. The molecule has 0 aromatic heterocycles. The lowest BCUT2D eigenvalue weighted by Crippen LogP contribution is -2.30. The third-order valence-electron chi connectivity index (χ3n) is 0.390. The molecule has 0 fully saturated rings. The molecule has 0 bridgehead atoms. The predicted octanol–water partition coefficient (Wildman–Crippen LogP) is -1.20. The summed E-state index contributed by atoms with van der Waals surface area (Å²) in [5, 5.41) is 5.17. The normalized spacial score (nSPS) is 8.17. The summed E-state index contributed by atoms with van der Waals surface area (Å²) in [6.45, 7) is 2.90. The van der Waals surface area contributed by atoms with Gasteiger partial charge in [-0.25, -0.2) is 0 Å². The maximum atomic E-state index is 4.85. The van der Waals surface area contributed by atoms with Crippen molar-refractivity contribution >= 4 is 15.5 Å². The standard InChI is InChI=1S/C2H7B2N2/c1-2-5-4-6-3/h5-6H,2H2,1H3. The molecule has 0 amide bonds. The maximum absolute atomic E-state index is 4.85. The SMILES string of the molecule is [B]N[B]NCC. The van der Waals surface area contributed by atoms with Crippen molar-refractivity contribution in [2.45, 2.75) is 6.92 Å². The Bertz CT molecular complexity index is 21.5. The van der Waals surface area contributed by atoms with Gasteiger partial charge in [-0.2, -0.15) is 0 Å². The van der Waals surface area contributed by atoms with Gasteiger partial charge in [0, 0.05) is 0 Å². The van der Waals surface area contributed by atoms with Crippen LogP contribution in [0, 0.1) is 0 Å². The second kappa shape index (κ2) is 5.05. The van der Waals surface area contributed by atoms with Crippen molar-refractivity contribution in [2.24, 2.45) is 0 Å². The van der Waals surface area contributed by atoms with Crippen LogP contribution in [0.3, 0.4) is 0 Å². The molecule has 6 heavy (non-hydrogen) atoms. The van der Waals surface area contributed by atoms with Crippen molar-refractivity contribution in [3.05, 3.63) is 0 Å². The lowest BCUT2D eigenvalue weighted by Gasteiger charge is -1.90. The Kier molecular flexibility index (Phi) is 5.09.